The van der Waals surface area contributed by atoms with E-state index >= 15 is 0 Å². The summed E-state index contributed by atoms with van der Waals surface area (Å²) in [6, 6.07) is 8.69. The van der Waals surface area contributed by atoms with Gasteiger partial charge >= 0.3 is 0 Å². The highest BCUT2D eigenvalue weighted by Crippen LogP contribution is 2.31. The molecule has 2 aromatic heterocycles. The average Bonchev–Trinajstić information content (AvgIpc) is 3.23. The van der Waals surface area contributed by atoms with Crippen LogP contribution in [0.25, 0.3) is 16.8 Å². The molecule has 6 bridgehead atoms. The second kappa shape index (κ2) is 5.74. The predicted molar refractivity (Wildman–Crippen MR) is 97.1 cm³/mol. The molecule has 128 valence electrons. The van der Waals surface area contributed by atoms with Gasteiger partial charge in [-0.3, -0.25) is 4.90 Å². The van der Waals surface area contributed by atoms with Gasteiger partial charge < -0.3 is 10.1 Å². The zero-order valence-electron chi connectivity index (χ0n) is 14.3. The van der Waals surface area contributed by atoms with Gasteiger partial charge in [-0.15, -0.1) is 0 Å². The van der Waals surface area contributed by atoms with E-state index in [9.17, 15) is 0 Å². The van der Waals surface area contributed by atoms with Gasteiger partial charge in [0, 0.05) is 37.4 Å². The van der Waals surface area contributed by atoms with E-state index < -0.39 is 0 Å². The third-order valence-corrected chi connectivity index (χ3v) is 5.17. The number of fused-ring (bicyclic) bond motifs is 6. The van der Waals surface area contributed by atoms with Crippen molar-refractivity contribution in [3.8, 4) is 16.9 Å². The van der Waals surface area contributed by atoms with E-state index in [0.717, 1.165) is 54.4 Å². The zero-order valence-corrected chi connectivity index (χ0v) is 14.3. The Morgan fingerprint density at radius 3 is 3.12 bits per heavy atom. The molecule has 0 aliphatic carbocycles. The van der Waals surface area contributed by atoms with Crippen LogP contribution in [-0.4, -0.2) is 51.8 Å². The molecule has 2 aliphatic rings. The van der Waals surface area contributed by atoms with Crippen molar-refractivity contribution in [1.29, 1.82) is 0 Å². The minimum atomic E-state index is 0.434. The summed E-state index contributed by atoms with van der Waals surface area (Å²) < 4.78 is 7.85. The molecule has 6 heteroatoms. The number of hydrogen-bond acceptors (Lipinski definition) is 5. The van der Waals surface area contributed by atoms with E-state index in [1.807, 2.05) is 29.0 Å². The van der Waals surface area contributed by atoms with Gasteiger partial charge in [-0.1, -0.05) is 6.07 Å². The van der Waals surface area contributed by atoms with Crippen LogP contribution in [0.5, 0.6) is 5.75 Å². The van der Waals surface area contributed by atoms with Crippen LogP contribution in [-0.2, 0) is 0 Å². The second-order valence-corrected chi connectivity index (χ2v) is 6.89. The normalized spacial score (nSPS) is 22.4. The summed E-state index contributed by atoms with van der Waals surface area (Å²) >= 11 is 0. The van der Waals surface area contributed by atoms with Crippen molar-refractivity contribution in [3.63, 3.8) is 0 Å². The van der Waals surface area contributed by atoms with E-state index in [-0.39, 0.29) is 0 Å². The second-order valence-electron chi connectivity index (χ2n) is 6.89. The minimum Gasteiger partial charge on any atom is -0.492 e. The monoisotopic (exact) mass is 335 g/mol. The van der Waals surface area contributed by atoms with Gasteiger partial charge in [0.2, 0.25) is 0 Å². The van der Waals surface area contributed by atoms with Crippen molar-refractivity contribution in [3.05, 3.63) is 42.2 Å². The Bertz CT molecular complexity index is 935. The van der Waals surface area contributed by atoms with Crippen LogP contribution < -0.4 is 10.1 Å². The van der Waals surface area contributed by atoms with Crippen LogP contribution in [0.3, 0.4) is 0 Å². The molecule has 25 heavy (non-hydrogen) atoms. The highest BCUT2D eigenvalue weighted by Gasteiger charge is 2.23. The predicted octanol–water partition coefficient (Wildman–Crippen LogP) is 2.58. The molecular weight excluding hydrogens is 314 g/mol. The number of hydrogen-bond donors (Lipinski definition) is 1. The molecular formula is C19H21N5O. The standard InChI is InChI=1S/C19H21N5O/c1-13-2-3-15-10-16(13)17-11-20-24-7-5-18(22-19(17)24)21-14-4-6-23(12-14)8-9-25-15/h2-3,5,7,10-11,14H,4,6,8-9,12H2,1H3,(H,21,22)/t14-/m1/s1. The number of nitrogens with zero attached hydrogens (tertiary/aromatic N) is 4. The summed E-state index contributed by atoms with van der Waals surface area (Å²) in [5.41, 5.74) is 4.23. The molecule has 3 aromatic rings. The minimum absolute atomic E-state index is 0.434. The van der Waals surface area contributed by atoms with Crippen molar-refractivity contribution < 1.29 is 4.74 Å². The maximum atomic E-state index is 6.01. The first-order valence-corrected chi connectivity index (χ1v) is 8.83. The first-order chi connectivity index (χ1) is 12.3. The number of ether oxygens (including phenoxy) is 1. The van der Waals surface area contributed by atoms with E-state index in [2.05, 4.69) is 34.4 Å². The highest BCUT2D eigenvalue weighted by atomic mass is 16.5. The van der Waals surface area contributed by atoms with Crippen molar-refractivity contribution in [1.82, 2.24) is 19.5 Å². The maximum absolute atomic E-state index is 6.01. The Morgan fingerprint density at radius 2 is 2.16 bits per heavy atom. The lowest BCUT2D eigenvalue weighted by Crippen LogP contribution is -2.29. The van der Waals surface area contributed by atoms with E-state index in [0.29, 0.717) is 12.6 Å². The van der Waals surface area contributed by atoms with Gasteiger partial charge in [0.25, 0.3) is 0 Å². The van der Waals surface area contributed by atoms with Crippen molar-refractivity contribution in [2.45, 2.75) is 19.4 Å². The fourth-order valence-corrected chi connectivity index (χ4v) is 3.78. The number of anilines is 1. The van der Waals surface area contributed by atoms with Gasteiger partial charge in [0.1, 0.15) is 18.2 Å². The fourth-order valence-electron chi connectivity index (χ4n) is 3.78. The van der Waals surface area contributed by atoms with E-state index in [1.54, 1.807) is 0 Å². The van der Waals surface area contributed by atoms with Crippen LogP contribution in [0.1, 0.15) is 12.0 Å². The molecule has 5 rings (SSSR count). The molecule has 2 atom stereocenters. The molecule has 1 saturated heterocycles. The first-order valence-electron chi connectivity index (χ1n) is 8.83. The van der Waals surface area contributed by atoms with E-state index in [1.165, 1.54) is 5.56 Å². The number of aromatic nitrogens is 3. The summed E-state index contributed by atoms with van der Waals surface area (Å²) in [4.78, 5) is 7.29. The summed E-state index contributed by atoms with van der Waals surface area (Å²) in [5.74, 6) is 1.82. The Morgan fingerprint density at radius 1 is 1.20 bits per heavy atom. The summed E-state index contributed by atoms with van der Waals surface area (Å²) in [6.07, 6.45) is 5.00. The van der Waals surface area contributed by atoms with Crippen LogP contribution in [0.4, 0.5) is 5.82 Å². The van der Waals surface area contributed by atoms with Gasteiger partial charge in [-0.05, 0) is 42.7 Å². The number of benzene rings is 1. The van der Waals surface area contributed by atoms with Gasteiger partial charge in [-0.2, -0.15) is 5.10 Å². The molecule has 0 saturated carbocycles. The molecule has 4 heterocycles. The fraction of sp³-hybridized carbons (Fsp3) is 0.368. The summed E-state index contributed by atoms with van der Waals surface area (Å²) in [6.45, 7) is 5.90. The summed E-state index contributed by atoms with van der Waals surface area (Å²) in [5, 5.41) is 8.06. The Hall–Kier alpha value is -2.60. The SMILES string of the molecule is Cc1ccc2cc1-c1cnn3ccc(nc13)N[C@@H]1CCN(CCO2)C1. The average molecular weight is 335 g/mol. The van der Waals surface area contributed by atoms with Gasteiger partial charge in [0.05, 0.1) is 6.20 Å². The topological polar surface area (TPSA) is 54.7 Å². The molecule has 2 aliphatic heterocycles. The number of aryl methyl sites for hydroxylation is 1. The number of nitrogens with one attached hydrogen (secondary N) is 1. The maximum Gasteiger partial charge on any atom is 0.165 e. The quantitative estimate of drug-likeness (QED) is 0.684. The Labute approximate surface area is 146 Å². The molecule has 6 nitrogen and oxygen atoms in total. The molecule has 1 fully saturated rings. The molecule has 1 N–H and O–H groups in total. The Kier molecular flexibility index (Phi) is 3.38. The molecule has 1 unspecified atom stereocenters. The van der Waals surface area contributed by atoms with Gasteiger partial charge in [0.15, 0.2) is 5.65 Å². The van der Waals surface area contributed by atoms with Crippen LogP contribution in [0, 0.1) is 6.92 Å². The first kappa shape index (κ1) is 14.7. The molecule has 0 amide bonds. The molecule has 1 aromatic carbocycles. The van der Waals surface area contributed by atoms with Crippen molar-refractivity contribution >= 4 is 11.5 Å². The lowest BCUT2D eigenvalue weighted by molar-refractivity contribution is 0.237. The third kappa shape index (κ3) is 2.62. The van der Waals surface area contributed by atoms with Crippen molar-refractivity contribution in [2.24, 2.45) is 0 Å². The van der Waals surface area contributed by atoms with Crippen LogP contribution in [0.2, 0.25) is 0 Å². The molecule has 0 spiro atoms. The molecule has 0 radical (unpaired) electrons. The lowest BCUT2D eigenvalue weighted by atomic mass is 10.0. The smallest absolute Gasteiger partial charge is 0.165 e. The van der Waals surface area contributed by atoms with Crippen molar-refractivity contribution in [2.75, 3.05) is 31.6 Å². The number of rotatable bonds is 0. The lowest BCUT2D eigenvalue weighted by Gasteiger charge is -2.18. The Balaban J connectivity index is 1.67. The van der Waals surface area contributed by atoms with Crippen LogP contribution >= 0.6 is 0 Å². The summed E-state index contributed by atoms with van der Waals surface area (Å²) in [7, 11) is 0. The zero-order chi connectivity index (χ0) is 16.8. The largest absolute Gasteiger partial charge is 0.492 e. The van der Waals surface area contributed by atoms with E-state index in [4.69, 9.17) is 9.72 Å². The highest BCUT2D eigenvalue weighted by molar-refractivity contribution is 5.80. The third-order valence-electron chi connectivity index (χ3n) is 5.17. The van der Waals surface area contributed by atoms with Gasteiger partial charge in [-0.25, -0.2) is 9.50 Å². The van der Waals surface area contributed by atoms with Crippen LogP contribution in [0.15, 0.2) is 36.7 Å².